The van der Waals surface area contributed by atoms with Crippen LogP contribution in [0.25, 0.3) is 0 Å². The van der Waals surface area contributed by atoms with E-state index in [4.69, 9.17) is 16.3 Å². The summed E-state index contributed by atoms with van der Waals surface area (Å²) in [5.41, 5.74) is 6.08. The van der Waals surface area contributed by atoms with E-state index in [0.29, 0.717) is 10.9 Å². The second kappa shape index (κ2) is 9.79. The molecule has 0 aromatic carbocycles. The Labute approximate surface area is 147 Å². The van der Waals surface area contributed by atoms with Crippen LogP contribution in [-0.2, 0) is 4.79 Å². The van der Waals surface area contributed by atoms with Crippen LogP contribution in [0.3, 0.4) is 0 Å². The lowest BCUT2D eigenvalue weighted by Gasteiger charge is -2.14. The Morgan fingerprint density at radius 1 is 1.29 bits per heavy atom. The van der Waals surface area contributed by atoms with Crippen LogP contribution in [0.1, 0.15) is 51.2 Å². The zero-order chi connectivity index (χ0) is 18.1. The fourth-order valence-electron chi connectivity index (χ4n) is 2.14. The molecule has 0 aliphatic rings. The van der Waals surface area contributed by atoms with Gasteiger partial charge in [0.05, 0.1) is 16.9 Å². The SMILES string of the molecule is CC(C)CCCC(C)NC(=O)CSc1nc(N)c(C#N)cc1C#N. The van der Waals surface area contributed by atoms with Gasteiger partial charge in [-0.15, -0.1) is 0 Å². The molecule has 1 amide bonds. The summed E-state index contributed by atoms with van der Waals surface area (Å²) in [5.74, 6) is 0.787. The smallest absolute Gasteiger partial charge is 0.230 e. The van der Waals surface area contributed by atoms with Crippen LogP contribution in [0.4, 0.5) is 5.82 Å². The third-order valence-electron chi connectivity index (χ3n) is 3.42. The van der Waals surface area contributed by atoms with E-state index in [-0.39, 0.29) is 34.6 Å². The summed E-state index contributed by atoms with van der Waals surface area (Å²) in [6.45, 7) is 6.35. The van der Waals surface area contributed by atoms with Crippen LogP contribution in [-0.4, -0.2) is 22.7 Å². The number of pyridine rings is 1. The van der Waals surface area contributed by atoms with Crippen LogP contribution in [0.2, 0.25) is 0 Å². The molecule has 0 saturated heterocycles. The number of carbonyl (C=O) groups is 1. The first-order chi connectivity index (χ1) is 11.4. The number of nitriles is 2. The van der Waals surface area contributed by atoms with Crippen molar-refractivity contribution in [2.24, 2.45) is 5.92 Å². The van der Waals surface area contributed by atoms with E-state index < -0.39 is 0 Å². The molecule has 3 N–H and O–H groups in total. The van der Waals surface area contributed by atoms with Crippen molar-refractivity contribution in [1.29, 1.82) is 10.5 Å². The number of aromatic nitrogens is 1. The van der Waals surface area contributed by atoms with Crippen molar-refractivity contribution in [1.82, 2.24) is 10.3 Å². The lowest BCUT2D eigenvalue weighted by molar-refractivity contribution is -0.119. The molecule has 1 aromatic rings. The molecule has 24 heavy (non-hydrogen) atoms. The van der Waals surface area contributed by atoms with E-state index in [2.05, 4.69) is 24.1 Å². The van der Waals surface area contributed by atoms with Gasteiger partial charge in [-0.2, -0.15) is 10.5 Å². The van der Waals surface area contributed by atoms with Gasteiger partial charge in [0.1, 0.15) is 23.0 Å². The number of hydrogen-bond acceptors (Lipinski definition) is 6. The van der Waals surface area contributed by atoms with E-state index in [1.165, 1.54) is 6.07 Å². The largest absolute Gasteiger partial charge is 0.383 e. The monoisotopic (exact) mass is 345 g/mol. The van der Waals surface area contributed by atoms with Gasteiger partial charge in [-0.3, -0.25) is 4.79 Å². The Kier molecular flexibility index (Phi) is 8.08. The average Bonchev–Trinajstić information content (AvgIpc) is 2.52. The number of hydrogen-bond donors (Lipinski definition) is 2. The molecule has 7 heteroatoms. The number of nitrogens with zero attached hydrogens (tertiary/aromatic N) is 3. The summed E-state index contributed by atoms with van der Waals surface area (Å²) in [5, 5.41) is 21.3. The lowest BCUT2D eigenvalue weighted by atomic mass is 10.0. The number of thioether (sulfide) groups is 1. The number of carbonyl (C=O) groups excluding carboxylic acids is 1. The topological polar surface area (TPSA) is 116 Å². The fraction of sp³-hybridized carbons (Fsp3) is 0.529. The van der Waals surface area contributed by atoms with Gasteiger partial charge in [0, 0.05) is 6.04 Å². The highest BCUT2D eigenvalue weighted by Gasteiger charge is 2.13. The summed E-state index contributed by atoms with van der Waals surface area (Å²) in [7, 11) is 0. The second-order valence-electron chi connectivity index (χ2n) is 6.08. The van der Waals surface area contributed by atoms with Gasteiger partial charge in [0.25, 0.3) is 0 Å². The van der Waals surface area contributed by atoms with Crippen molar-refractivity contribution < 1.29 is 4.79 Å². The third kappa shape index (κ3) is 6.47. The number of nitrogens with two attached hydrogens (primary N) is 1. The molecule has 0 bridgehead atoms. The number of rotatable bonds is 8. The third-order valence-corrected chi connectivity index (χ3v) is 4.42. The van der Waals surface area contributed by atoms with Crippen molar-refractivity contribution in [2.75, 3.05) is 11.5 Å². The average molecular weight is 345 g/mol. The molecule has 1 unspecified atom stereocenters. The molecular weight excluding hydrogens is 322 g/mol. The van der Waals surface area contributed by atoms with E-state index >= 15 is 0 Å². The predicted octanol–water partition coefficient (Wildman–Crippen LogP) is 2.83. The first kappa shape index (κ1) is 19.8. The molecule has 0 fully saturated rings. The molecule has 6 nitrogen and oxygen atoms in total. The van der Waals surface area contributed by atoms with Crippen LogP contribution < -0.4 is 11.1 Å². The van der Waals surface area contributed by atoms with E-state index in [1.807, 2.05) is 19.1 Å². The molecule has 0 aliphatic heterocycles. The van der Waals surface area contributed by atoms with E-state index in [1.54, 1.807) is 0 Å². The van der Waals surface area contributed by atoms with Crippen LogP contribution in [0.5, 0.6) is 0 Å². The van der Waals surface area contributed by atoms with Gasteiger partial charge < -0.3 is 11.1 Å². The number of amides is 1. The molecule has 0 radical (unpaired) electrons. The maximum Gasteiger partial charge on any atom is 0.230 e. The second-order valence-corrected chi connectivity index (χ2v) is 7.04. The minimum Gasteiger partial charge on any atom is -0.383 e. The normalized spacial score (nSPS) is 11.6. The van der Waals surface area contributed by atoms with Crippen molar-refractivity contribution in [3.05, 3.63) is 17.2 Å². The quantitative estimate of drug-likeness (QED) is 0.700. The van der Waals surface area contributed by atoms with Gasteiger partial charge in [0.15, 0.2) is 0 Å². The zero-order valence-corrected chi connectivity index (χ0v) is 15.1. The van der Waals surface area contributed by atoms with Crippen LogP contribution >= 0.6 is 11.8 Å². The molecule has 1 rings (SSSR count). The van der Waals surface area contributed by atoms with Gasteiger partial charge in [-0.1, -0.05) is 38.5 Å². The van der Waals surface area contributed by atoms with Crippen molar-refractivity contribution in [3.63, 3.8) is 0 Å². The molecular formula is C17H23N5OS. The van der Waals surface area contributed by atoms with E-state index in [0.717, 1.165) is 31.0 Å². The van der Waals surface area contributed by atoms with Crippen molar-refractivity contribution >= 4 is 23.5 Å². The van der Waals surface area contributed by atoms with Gasteiger partial charge in [-0.25, -0.2) is 4.98 Å². The zero-order valence-electron chi connectivity index (χ0n) is 14.3. The standard InChI is InChI=1S/C17H23N5OS/c1-11(2)5-4-6-12(3)21-15(23)10-24-17-14(9-19)7-13(8-18)16(20)22-17/h7,11-12H,4-6,10H2,1-3H3,(H2,20,22)(H,21,23). The summed E-state index contributed by atoms with van der Waals surface area (Å²) < 4.78 is 0. The Bertz CT molecular complexity index is 660. The summed E-state index contributed by atoms with van der Waals surface area (Å²) in [6.07, 6.45) is 3.17. The maximum absolute atomic E-state index is 12.0. The predicted molar refractivity (Wildman–Crippen MR) is 95.1 cm³/mol. The Morgan fingerprint density at radius 3 is 2.54 bits per heavy atom. The Morgan fingerprint density at radius 2 is 1.96 bits per heavy atom. The van der Waals surface area contributed by atoms with E-state index in [9.17, 15) is 4.79 Å². The molecule has 1 heterocycles. The molecule has 1 aromatic heterocycles. The van der Waals surface area contributed by atoms with Crippen molar-refractivity contribution in [2.45, 2.75) is 51.1 Å². The highest BCUT2D eigenvalue weighted by atomic mass is 32.2. The van der Waals surface area contributed by atoms with Gasteiger partial charge in [0.2, 0.25) is 5.91 Å². The molecule has 0 saturated carbocycles. The highest BCUT2D eigenvalue weighted by Crippen LogP contribution is 2.23. The number of nitrogen functional groups attached to an aromatic ring is 1. The van der Waals surface area contributed by atoms with Crippen LogP contribution in [0.15, 0.2) is 11.1 Å². The highest BCUT2D eigenvalue weighted by molar-refractivity contribution is 8.00. The fourth-order valence-corrected chi connectivity index (χ4v) is 2.92. The maximum atomic E-state index is 12.0. The molecule has 0 spiro atoms. The molecule has 128 valence electrons. The summed E-state index contributed by atoms with van der Waals surface area (Å²) in [4.78, 5) is 16.1. The first-order valence-corrected chi connectivity index (χ1v) is 8.88. The van der Waals surface area contributed by atoms with Gasteiger partial charge >= 0.3 is 0 Å². The minimum absolute atomic E-state index is 0.0708. The molecule has 0 aliphatic carbocycles. The number of nitrogens with one attached hydrogen (secondary N) is 1. The Hall–Kier alpha value is -2.25. The first-order valence-electron chi connectivity index (χ1n) is 7.90. The minimum atomic E-state index is -0.106. The lowest BCUT2D eigenvalue weighted by Crippen LogP contribution is -2.33. The summed E-state index contributed by atoms with van der Waals surface area (Å²) in [6, 6.07) is 5.38. The molecule has 1 atom stereocenters. The van der Waals surface area contributed by atoms with Gasteiger partial charge in [-0.05, 0) is 25.3 Å². The van der Waals surface area contributed by atoms with Crippen LogP contribution in [0, 0.1) is 28.6 Å². The number of anilines is 1. The van der Waals surface area contributed by atoms with Crippen molar-refractivity contribution in [3.8, 4) is 12.1 Å². The Balaban J connectivity index is 2.54. The summed E-state index contributed by atoms with van der Waals surface area (Å²) >= 11 is 1.15.